The molecule has 0 unspecified atom stereocenters. The number of methoxy groups -OCH3 is 1. The molecule has 3 N–H and O–H groups in total. The largest absolute Gasteiger partial charge is 0.497 e. The Balaban J connectivity index is 1.69. The molecule has 2 atom stereocenters. The summed E-state index contributed by atoms with van der Waals surface area (Å²) in [5, 5.41) is 7.84. The summed E-state index contributed by atoms with van der Waals surface area (Å²) in [6.45, 7) is 2.62. The second-order valence-corrected chi connectivity index (χ2v) is 6.47. The molecule has 2 heterocycles. The van der Waals surface area contributed by atoms with Crippen LogP contribution in [0.3, 0.4) is 0 Å². The van der Waals surface area contributed by atoms with Crippen molar-refractivity contribution in [1.82, 2.24) is 14.8 Å². The second kappa shape index (κ2) is 7.19. The number of anilines is 2. The van der Waals surface area contributed by atoms with Crippen LogP contribution in [0.15, 0.2) is 48.5 Å². The minimum absolute atomic E-state index is 0.0259. The smallest absolute Gasteiger partial charge is 0.241 e. The molecular formula is C20H23N5O2. The van der Waals surface area contributed by atoms with Gasteiger partial charge in [0.25, 0.3) is 0 Å². The van der Waals surface area contributed by atoms with E-state index in [0.29, 0.717) is 12.6 Å². The second-order valence-electron chi connectivity index (χ2n) is 6.47. The molecule has 7 heteroatoms. The van der Waals surface area contributed by atoms with E-state index in [9.17, 15) is 0 Å². The number of nitrogens with one attached hydrogen (secondary N) is 1. The minimum atomic E-state index is 0.0259. The monoisotopic (exact) mass is 365 g/mol. The molecule has 0 amide bonds. The number of aromatic nitrogens is 3. The number of ether oxygens (including phenoxy) is 2. The number of hydrogen-bond donors (Lipinski definition) is 2. The first kappa shape index (κ1) is 17.2. The van der Waals surface area contributed by atoms with Crippen molar-refractivity contribution >= 4 is 11.9 Å². The predicted octanol–water partition coefficient (Wildman–Crippen LogP) is 3.41. The first-order valence-corrected chi connectivity index (χ1v) is 9.03. The lowest BCUT2D eigenvalue weighted by molar-refractivity contribution is 0.340. The molecule has 1 aliphatic heterocycles. The number of rotatable bonds is 5. The van der Waals surface area contributed by atoms with Crippen LogP contribution in [-0.4, -0.2) is 28.5 Å². The van der Waals surface area contributed by atoms with Crippen molar-refractivity contribution in [2.75, 3.05) is 24.8 Å². The van der Waals surface area contributed by atoms with E-state index >= 15 is 0 Å². The first-order chi connectivity index (χ1) is 13.2. The van der Waals surface area contributed by atoms with Gasteiger partial charge in [-0.3, -0.25) is 0 Å². The van der Waals surface area contributed by atoms with E-state index in [1.165, 1.54) is 0 Å². The Morgan fingerprint density at radius 2 is 1.96 bits per heavy atom. The van der Waals surface area contributed by atoms with Gasteiger partial charge < -0.3 is 20.5 Å². The van der Waals surface area contributed by atoms with Gasteiger partial charge in [0.05, 0.1) is 25.8 Å². The number of benzene rings is 2. The van der Waals surface area contributed by atoms with Gasteiger partial charge in [-0.1, -0.05) is 24.3 Å². The Kier molecular flexibility index (Phi) is 4.58. The number of nitrogens with zero attached hydrogens (tertiary/aromatic N) is 3. The highest BCUT2D eigenvalue weighted by Crippen LogP contribution is 2.38. The molecule has 0 spiro atoms. The minimum Gasteiger partial charge on any atom is -0.497 e. The lowest BCUT2D eigenvalue weighted by atomic mass is 9.93. The fraction of sp³-hybridized carbons (Fsp3) is 0.300. The average molecular weight is 365 g/mol. The van der Waals surface area contributed by atoms with Gasteiger partial charge in [-0.15, -0.1) is 5.10 Å². The Morgan fingerprint density at radius 1 is 1.15 bits per heavy atom. The maximum absolute atomic E-state index is 5.87. The molecule has 140 valence electrons. The summed E-state index contributed by atoms with van der Waals surface area (Å²) in [5.74, 6) is 2.63. The molecule has 4 rings (SSSR count). The number of nitrogens with two attached hydrogens (primary N) is 1. The van der Waals surface area contributed by atoms with Crippen molar-refractivity contribution in [1.29, 1.82) is 0 Å². The third-order valence-corrected chi connectivity index (χ3v) is 4.78. The van der Waals surface area contributed by atoms with Gasteiger partial charge in [-0.25, -0.2) is 4.68 Å². The molecule has 0 aliphatic carbocycles. The predicted molar refractivity (Wildman–Crippen MR) is 104 cm³/mol. The molecule has 0 fully saturated rings. The van der Waals surface area contributed by atoms with Crippen LogP contribution in [0, 0.1) is 0 Å². The van der Waals surface area contributed by atoms with E-state index in [1.807, 2.05) is 41.9 Å². The van der Waals surface area contributed by atoms with E-state index in [4.69, 9.17) is 15.2 Å². The summed E-state index contributed by atoms with van der Waals surface area (Å²) in [5.41, 5.74) is 8.14. The van der Waals surface area contributed by atoms with Gasteiger partial charge in [0.15, 0.2) is 0 Å². The Morgan fingerprint density at radius 3 is 2.70 bits per heavy atom. The van der Waals surface area contributed by atoms with Crippen LogP contribution in [-0.2, 0) is 0 Å². The molecule has 0 radical (unpaired) electrons. The summed E-state index contributed by atoms with van der Waals surface area (Å²) in [6.07, 6.45) is 0.816. The van der Waals surface area contributed by atoms with Crippen molar-refractivity contribution in [3.8, 4) is 11.5 Å². The highest BCUT2D eigenvalue weighted by atomic mass is 16.5. The third kappa shape index (κ3) is 3.40. The molecule has 0 bridgehead atoms. The van der Waals surface area contributed by atoms with Crippen molar-refractivity contribution in [2.45, 2.75) is 25.4 Å². The third-order valence-electron chi connectivity index (χ3n) is 4.78. The molecule has 2 aromatic carbocycles. The highest BCUT2D eigenvalue weighted by Gasteiger charge is 2.31. The summed E-state index contributed by atoms with van der Waals surface area (Å²) in [4.78, 5) is 4.35. The number of nitrogen functional groups attached to an aromatic ring is 1. The van der Waals surface area contributed by atoms with Crippen LogP contribution in [0.25, 0.3) is 0 Å². The van der Waals surface area contributed by atoms with Gasteiger partial charge >= 0.3 is 0 Å². The van der Waals surface area contributed by atoms with E-state index in [0.717, 1.165) is 29.0 Å². The summed E-state index contributed by atoms with van der Waals surface area (Å²) in [7, 11) is 1.67. The van der Waals surface area contributed by atoms with Crippen LogP contribution in [0.5, 0.6) is 11.5 Å². The fourth-order valence-electron chi connectivity index (χ4n) is 3.50. The van der Waals surface area contributed by atoms with E-state index < -0.39 is 0 Å². The van der Waals surface area contributed by atoms with E-state index in [-0.39, 0.29) is 18.0 Å². The number of fused-ring (bicyclic) bond motifs is 1. The Bertz CT molecular complexity index is 922. The lowest BCUT2D eigenvalue weighted by Gasteiger charge is -2.31. The van der Waals surface area contributed by atoms with Crippen LogP contribution in [0.4, 0.5) is 11.9 Å². The Hall–Kier alpha value is -3.22. The first-order valence-electron chi connectivity index (χ1n) is 9.03. The molecule has 27 heavy (non-hydrogen) atoms. The van der Waals surface area contributed by atoms with Crippen molar-refractivity contribution < 1.29 is 9.47 Å². The molecule has 7 nitrogen and oxygen atoms in total. The molecule has 1 aromatic heterocycles. The SMILES string of the molecule is CCOc1ccc([C@@H]2C[C@@H](c3cccc(OC)c3)Nc3nc(N)nn32)cc1. The maximum Gasteiger partial charge on any atom is 0.241 e. The van der Waals surface area contributed by atoms with Crippen LogP contribution in [0.2, 0.25) is 0 Å². The standard InChI is InChI=1S/C20H23N5O2/c1-3-27-15-9-7-13(8-10-15)18-12-17(14-5-4-6-16(11-14)26-2)22-20-23-19(21)24-25(18)20/h4-11,17-18H,3,12H2,1-2H3,(H3,21,22,23,24)/t17-,18-/m0/s1. The molecule has 1 aliphatic rings. The topological polar surface area (TPSA) is 87.2 Å². The average Bonchev–Trinajstić information content (AvgIpc) is 3.08. The lowest BCUT2D eigenvalue weighted by Crippen LogP contribution is -2.28. The van der Waals surface area contributed by atoms with E-state index in [2.05, 4.69) is 33.6 Å². The normalized spacial score (nSPS) is 18.4. The molecule has 0 saturated heterocycles. The zero-order valence-electron chi connectivity index (χ0n) is 15.4. The quantitative estimate of drug-likeness (QED) is 0.720. The summed E-state index contributed by atoms with van der Waals surface area (Å²) in [6, 6.07) is 16.3. The van der Waals surface area contributed by atoms with Gasteiger partial charge in [-0.2, -0.15) is 4.98 Å². The zero-order chi connectivity index (χ0) is 18.8. The van der Waals surface area contributed by atoms with Gasteiger partial charge in [-0.05, 0) is 48.7 Å². The van der Waals surface area contributed by atoms with Gasteiger partial charge in [0.2, 0.25) is 11.9 Å². The summed E-state index contributed by atoms with van der Waals surface area (Å²) < 4.78 is 12.8. The fourth-order valence-corrected chi connectivity index (χ4v) is 3.50. The zero-order valence-corrected chi connectivity index (χ0v) is 15.4. The van der Waals surface area contributed by atoms with Crippen LogP contribution in [0.1, 0.15) is 36.6 Å². The van der Waals surface area contributed by atoms with Crippen LogP contribution >= 0.6 is 0 Å². The van der Waals surface area contributed by atoms with Crippen LogP contribution < -0.4 is 20.5 Å². The van der Waals surface area contributed by atoms with Crippen molar-refractivity contribution in [3.05, 3.63) is 59.7 Å². The molecular weight excluding hydrogens is 342 g/mol. The highest BCUT2D eigenvalue weighted by molar-refractivity contribution is 5.43. The van der Waals surface area contributed by atoms with Crippen molar-refractivity contribution in [2.24, 2.45) is 0 Å². The summed E-state index contributed by atoms with van der Waals surface area (Å²) >= 11 is 0. The molecule has 0 saturated carbocycles. The van der Waals surface area contributed by atoms with E-state index in [1.54, 1.807) is 7.11 Å². The molecule has 3 aromatic rings. The number of hydrogen-bond acceptors (Lipinski definition) is 6. The maximum atomic E-state index is 5.87. The van der Waals surface area contributed by atoms with Gasteiger partial charge in [0.1, 0.15) is 11.5 Å². The van der Waals surface area contributed by atoms with Crippen molar-refractivity contribution in [3.63, 3.8) is 0 Å². The Labute approximate surface area is 158 Å². The van der Waals surface area contributed by atoms with Gasteiger partial charge in [0, 0.05) is 0 Å².